The number of rotatable bonds is 2. The molecule has 6 heteroatoms. The number of methoxy groups -OCH3 is 1. The normalized spacial score (nSPS) is 18.6. The standard InChI is InChI=1S/C11H13NO4.ClH/c1-15-10-6-7(13)2-3-8(10)9-4-5-16-11(14)12-9;/h2-3,6,9,13H,4-5H2,1H3,(H,12,14);1H/t9-;/m0./s1. The number of nitrogens with one attached hydrogen (secondary N) is 1. The van der Waals surface area contributed by atoms with Crippen LogP contribution in [-0.4, -0.2) is 24.9 Å². The number of carbonyl (C=O) groups excluding carboxylic acids is 1. The van der Waals surface area contributed by atoms with Gasteiger partial charge in [0, 0.05) is 18.1 Å². The Morgan fingerprint density at radius 2 is 2.29 bits per heavy atom. The molecule has 1 aromatic rings. The summed E-state index contributed by atoms with van der Waals surface area (Å²) in [5.41, 5.74) is 0.844. The lowest BCUT2D eigenvalue weighted by Crippen LogP contribution is -2.35. The third kappa shape index (κ3) is 2.94. The lowest BCUT2D eigenvalue weighted by Gasteiger charge is -2.25. The Morgan fingerprint density at radius 1 is 1.53 bits per heavy atom. The third-order valence-electron chi connectivity index (χ3n) is 2.52. The van der Waals surface area contributed by atoms with Crippen LogP contribution in [0.3, 0.4) is 0 Å². The van der Waals surface area contributed by atoms with Crippen molar-refractivity contribution in [2.45, 2.75) is 12.5 Å². The zero-order chi connectivity index (χ0) is 11.5. The molecule has 0 bridgehead atoms. The first-order chi connectivity index (χ1) is 7.70. The topological polar surface area (TPSA) is 67.8 Å². The van der Waals surface area contributed by atoms with Gasteiger partial charge in [0.1, 0.15) is 11.5 Å². The van der Waals surface area contributed by atoms with Crippen molar-refractivity contribution in [1.82, 2.24) is 5.32 Å². The fraction of sp³-hybridized carbons (Fsp3) is 0.364. The second-order valence-corrected chi connectivity index (χ2v) is 3.55. The highest BCUT2D eigenvalue weighted by atomic mass is 35.5. The zero-order valence-electron chi connectivity index (χ0n) is 9.30. The van der Waals surface area contributed by atoms with E-state index in [0.717, 1.165) is 5.56 Å². The van der Waals surface area contributed by atoms with Gasteiger partial charge in [-0.2, -0.15) is 0 Å². The van der Waals surface area contributed by atoms with Crippen LogP contribution in [-0.2, 0) is 4.74 Å². The van der Waals surface area contributed by atoms with E-state index in [1.807, 2.05) is 0 Å². The molecule has 0 radical (unpaired) electrons. The summed E-state index contributed by atoms with van der Waals surface area (Å²) in [5.74, 6) is 0.700. The van der Waals surface area contributed by atoms with Crippen molar-refractivity contribution in [3.05, 3.63) is 23.8 Å². The number of alkyl carbamates (subject to hydrolysis) is 1. The van der Waals surface area contributed by atoms with Gasteiger partial charge in [-0.25, -0.2) is 4.79 Å². The Balaban J connectivity index is 0.00000144. The molecule has 0 saturated carbocycles. The first-order valence-corrected chi connectivity index (χ1v) is 5.01. The molecule has 0 unspecified atom stereocenters. The number of ether oxygens (including phenoxy) is 2. The van der Waals surface area contributed by atoms with Crippen molar-refractivity contribution >= 4 is 18.5 Å². The number of benzene rings is 1. The predicted molar refractivity (Wildman–Crippen MR) is 63.7 cm³/mol. The van der Waals surface area contributed by atoms with Crippen LogP contribution >= 0.6 is 12.4 Å². The smallest absolute Gasteiger partial charge is 0.407 e. The molecule has 1 aromatic carbocycles. The maximum absolute atomic E-state index is 11.1. The molecule has 1 aliphatic rings. The van der Waals surface area contributed by atoms with Gasteiger partial charge < -0.3 is 19.9 Å². The molecule has 1 amide bonds. The second kappa shape index (κ2) is 5.63. The Hall–Kier alpha value is -1.62. The van der Waals surface area contributed by atoms with Crippen LogP contribution in [0.1, 0.15) is 18.0 Å². The van der Waals surface area contributed by atoms with Crippen molar-refractivity contribution in [2.75, 3.05) is 13.7 Å². The van der Waals surface area contributed by atoms with Crippen molar-refractivity contribution in [3.8, 4) is 11.5 Å². The minimum atomic E-state index is -0.425. The highest BCUT2D eigenvalue weighted by Gasteiger charge is 2.23. The first-order valence-electron chi connectivity index (χ1n) is 5.01. The Bertz CT molecular complexity index is 410. The van der Waals surface area contributed by atoms with Gasteiger partial charge in [-0.3, -0.25) is 0 Å². The molecule has 17 heavy (non-hydrogen) atoms. The number of phenols is 1. The van der Waals surface area contributed by atoms with E-state index in [0.29, 0.717) is 18.8 Å². The van der Waals surface area contributed by atoms with Crippen LogP contribution in [0.5, 0.6) is 11.5 Å². The molecule has 1 fully saturated rings. The van der Waals surface area contributed by atoms with E-state index >= 15 is 0 Å². The number of hydrogen-bond acceptors (Lipinski definition) is 4. The number of halogens is 1. The fourth-order valence-corrected chi connectivity index (χ4v) is 1.75. The number of hydrogen-bond donors (Lipinski definition) is 2. The van der Waals surface area contributed by atoms with Crippen molar-refractivity contribution in [3.63, 3.8) is 0 Å². The largest absolute Gasteiger partial charge is 0.508 e. The van der Waals surface area contributed by atoms with E-state index in [-0.39, 0.29) is 24.2 Å². The summed E-state index contributed by atoms with van der Waals surface area (Å²) >= 11 is 0. The Labute approximate surface area is 105 Å². The molecule has 1 heterocycles. The second-order valence-electron chi connectivity index (χ2n) is 3.55. The van der Waals surface area contributed by atoms with Crippen LogP contribution in [0.2, 0.25) is 0 Å². The minimum absolute atomic E-state index is 0. The summed E-state index contributed by atoms with van der Waals surface area (Å²) in [7, 11) is 1.53. The third-order valence-corrected chi connectivity index (χ3v) is 2.52. The van der Waals surface area contributed by atoms with Crippen molar-refractivity contribution in [1.29, 1.82) is 0 Å². The lowest BCUT2D eigenvalue weighted by molar-refractivity contribution is 0.115. The maximum atomic E-state index is 11.1. The Morgan fingerprint density at radius 3 is 2.94 bits per heavy atom. The summed E-state index contributed by atoms with van der Waals surface area (Å²) in [6.07, 6.45) is 0.263. The van der Waals surface area contributed by atoms with Gasteiger partial charge in [0.05, 0.1) is 19.8 Å². The lowest BCUT2D eigenvalue weighted by atomic mass is 10.0. The van der Waals surface area contributed by atoms with E-state index < -0.39 is 6.09 Å². The monoisotopic (exact) mass is 259 g/mol. The van der Waals surface area contributed by atoms with E-state index in [1.54, 1.807) is 12.1 Å². The van der Waals surface area contributed by atoms with Crippen LogP contribution < -0.4 is 10.1 Å². The van der Waals surface area contributed by atoms with Crippen molar-refractivity contribution in [2.24, 2.45) is 0 Å². The van der Waals surface area contributed by atoms with Crippen LogP contribution in [0, 0.1) is 0 Å². The van der Waals surface area contributed by atoms with Gasteiger partial charge in [0.15, 0.2) is 0 Å². The molecule has 94 valence electrons. The molecule has 1 atom stereocenters. The van der Waals surface area contributed by atoms with Gasteiger partial charge >= 0.3 is 6.09 Å². The Kier molecular flexibility index (Phi) is 4.45. The number of aromatic hydroxyl groups is 1. The summed E-state index contributed by atoms with van der Waals surface area (Å²) in [6.45, 7) is 0.389. The number of carbonyl (C=O) groups is 1. The highest BCUT2D eigenvalue weighted by molar-refractivity contribution is 5.85. The van der Waals surface area contributed by atoms with Gasteiger partial charge in [-0.15, -0.1) is 12.4 Å². The van der Waals surface area contributed by atoms with E-state index in [9.17, 15) is 9.90 Å². The summed E-state index contributed by atoms with van der Waals surface area (Å²) in [4.78, 5) is 11.1. The van der Waals surface area contributed by atoms with E-state index in [2.05, 4.69) is 5.32 Å². The quantitative estimate of drug-likeness (QED) is 0.852. The van der Waals surface area contributed by atoms with E-state index in [4.69, 9.17) is 9.47 Å². The van der Waals surface area contributed by atoms with Crippen LogP contribution in [0.15, 0.2) is 18.2 Å². The maximum Gasteiger partial charge on any atom is 0.407 e. The molecule has 1 aliphatic heterocycles. The number of amides is 1. The van der Waals surface area contributed by atoms with Crippen LogP contribution in [0.25, 0.3) is 0 Å². The first kappa shape index (κ1) is 13.4. The SMILES string of the molecule is COc1cc(O)ccc1[C@@H]1CCOC(=O)N1.Cl. The predicted octanol–water partition coefficient (Wildman–Crippen LogP) is 1.99. The average Bonchev–Trinajstić information content (AvgIpc) is 2.28. The van der Waals surface area contributed by atoms with Gasteiger partial charge in [0.2, 0.25) is 0 Å². The molecular weight excluding hydrogens is 246 g/mol. The molecule has 0 aromatic heterocycles. The molecular formula is C11H14ClNO4. The molecule has 5 nitrogen and oxygen atoms in total. The number of cyclic esters (lactones) is 1. The molecule has 2 N–H and O–H groups in total. The average molecular weight is 260 g/mol. The fourth-order valence-electron chi connectivity index (χ4n) is 1.75. The summed E-state index contributed by atoms with van der Waals surface area (Å²) in [5, 5.41) is 12.0. The molecule has 1 saturated heterocycles. The molecule has 0 aliphatic carbocycles. The minimum Gasteiger partial charge on any atom is -0.508 e. The molecule has 2 rings (SSSR count). The van der Waals surface area contributed by atoms with Crippen LogP contribution in [0.4, 0.5) is 4.79 Å². The summed E-state index contributed by atoms with van der Waals surface area (Å²) < 4.78 is 9.95. The summed E-state index contributed by atoms with van der Waals surface area (Å²) in [6, 6.07) is 4.71. The van der Waals surface area contributed by atoms with E-state index in [1.165, 1.54) is 13.2 Å². The number of phenolic OH excluding ortho intramolecular Hbond substituents is 1. The molecule has 0 spiro atoms. The highest BCUT2D eigenvalue weighted by Crippen LogP contribution is 2.31. The van der Waals surface area contributed by atoms with Gasteiger partial charge in [-0.05, 0) is 12.1 Å². The van der Waals surface area contributed by atoms with Gasteiger partial charge in [-0.1, -0.05) is 0 Å². The van der Waals surface area contributed by atoms with Gasteiger partial charge in [0.25, 0.3) is 0 Å². The zero-order valence-corrected chi connectivity index (χ0v) is 10.1. The van der Waals surface area contributed by atoms with Crippen molar-refractivity contribution < 1.29 is 19.4 Å².